The van der Waals surface area contributed by atoms with Gasteiger partial charge in [0.1, 0.15) is 11.9 Å². The highest BCUT2D eigenvalue weighted by Crippen LogP contribution is 2.19. The lowest BCUT2D eigenvalue weighted by molar-refractivity contribution is 0.188. The summed E-state index contributed by atoms with van der Waals surface area (Å²) in [4.78, 5) is 5.53. The molecule has 0 amide bonds. The van der Waals surface area contributed by atoms with Crippen molar-refractivity contribution in [1.29, 1.82) is 5.26 Å². The highest BCUT2D eigenvalue weighted by atomic mass is 19.1. The first-order chi connectivity index (χ1) is 11.2. The third-order valence-corrected chi connectivity index (χ3v) is 3.85. The van der Waals surface area contributed by atoms with Gasteiger partial charge in [-0.05, 0) is 24.3 Å². The van der Waals surface area contributed by atoms with Gasteiger partial charge < -0.3 is 10.0 Å². The average Bonchev–Trinajstić information content (AvgIpc) is 3.01. The molecule has 0 spiro atoms. The Balaban J connectivity index is 1.80. The van der Waals surface area contributed by atoms with Gasteiger partial charge in [-0.2, -0.15) is 5.26 Å². The van der Waals surface area contributed by atoms with Gasteiger partial charge in [-0.15, -0.1) is 15.0 Å². The van der Waals surface area contributed by atoms with Gasteiger partial charge in [0.05, 0.1) is 12.3 Å². The van der Waals surface area contributed by atoms with Crippen molar-refractivity contribution in [3.05, 3.63) is 35.8 Å². The normalized spacial score (nSPS) is 15.6. The lowest BCUT2D eigenvalue weighted by Gasteiger charge is -2.34. The van der Waals surface area contributed by atoms with Crippen molar-refractivity contribution in [2.75, 3.05) is 44.2 Å². The Morgan fingerprint density at radius 1 is 1.13 bits per heavy atom. The topological polar surface area (TPSA) is 81.2 Å². The summed E-state index contributed by atoms with van der Waals surface area (Å²) in [6.45, 7) is 3.84. The molecule has 23 heavy (non-hydrogen) atoms. The van der Waals surface area contributed by atoms with Crippen molar-refractivity contribution >= 4 is 5.82 Å². The maximum absolute atomic E-state index is 13.0. The second-order valence-corrected chi connectivity index (χ2v) is 5.30. The molecule has 0 bridgehead atoms. The van der Waals surface area contributed by atoms with Crippen LogP contribution in [0.3, 0.4) is 0 Å². The summed E-state index contributed by atoms with van der Waals surface area (Å²) in [5.41, 5.74) is 0.859. The number of aliphatic hydroxyl groups excluding tert-OH is 1. The van der Waals surface area contributed by atoms with E-state index < -0.39 is 0 Å². The van der Waals surface area contributed by atoms with E-state index in [2.05, 4.69) is 21.2 Å². The molecule has 1 aliphatic heterocycles. The molecular formula is C15H17FN6O. The first-order valence-electron chi connectivity index (χ1n) is 7.43. The molecule has 1 saturated heterocycles. The Labute approximate surface area is 133 Å². The standard InChI is InChI=1S/C15H17FN6O/c16-12-1-3-13(4-2-12)22-18-14(11-17)15(19-22)21-7-5-20(6-8-21)9-10-23/h1-4,23H,5-10H2. The van der Waals surface area contributed by atoms with Crippen LogP contribution in [0, 0.1) is 17.1 Å². The van der Waals surface area contributed by atoms with Gasteiger partial charge in [-0.1, -0.05) is 0 Å². The predicted molar refractivity (Wildman–Crippen MR) is 81.8 cm³/mol. The number of nitrogens with zero attached hydrogens (tertiary/aromatic N) is 6. The van der Waals surface area contributed by atoms with Crippen LogP contribution in [0.15, 0.2) is 24.3 Å². The van der Waals surface area contributed by atoms with Gasteiger partial charge in [0.15, 0.2) is 5.82 Å². The van der Waals surface area contributed by atoms with Crippen LogP contribution >= 0.6 is 0 Å². The minimum atomic E-state index is -0.332. The largest absolute Gasteiger partial charge is 0.395 e. The molecule has 120 valence electrons. The van der Waals surface area contributed by atoms with Gasteiger partial charge >= 0.3 is 0 Å². The van der Waals surface area contributed by atoms with Crippen molar-refractivity contribution < 1.29 is 9.50 Å². The van der Waals surface area contributed by atoms with Gasteiger partial charge in [-0.25, -0.2) is 4.39 Å². The molecule has 2 aromatic rings. The number of rotatable bonds is 4. The maximum atomic E-state index is 13.0. The molecule has 1 N–H and O–H groups in total. The van der Waals surface area contributed by atoms with Crippen LogP contribution in [0.1, 0.15) is 5.69 Å². The van der Waals surface area contributed by atoms with Crippen molar-refractivity contribution in [2.45, 2.75) is 0 Å². The summed E-state index contributed by atoms with van der Waals surface area (Å²) in [5.74, 6) is 0.210. The molecule has 0 radical (unpaired) electrons. The molecule has 0 unspecified atom stereocenters. The molecule has 3 rings (SSSR count). The van der Waals surface area contributed by atoms with Crippen LogP contribution in [-0.4, -0.2) is 64.3 Å². The van der Waals surface area contributed by atoms with E-state index in [-0.39, 0.29) is 18.1 Å². The molecule has 7 nitrogen and oxygen atoms in total. The fourth-order valence-corrected chi connectivity index (χ4v) is 2.60. The third-order valence-electron chi connectivity index (χ3n) is 3.85. The van der Waals surface area contributed by atoms with Crippen LogP contribution in [0.5, 0.6) is 0 Å². The zero-order chi connectivity index (χ0) is 16.2. The number of aromatic nitrogens is 3. The van der Waals surface area contributed by atoms with Crippen molar-refractivity contribution in [3.8, 4) is 11.8 Å². The SMILES string of the molecule is N#Cc1nn(-c2ccc(F)cc2)nc1N1CCN(CCO)CC1. The Morgan fingerprint density at radius 2 is 1.83 bits per heavy atom. The molecule has 0 aliphatic carbocycles. The van der Waals surface area contributed by atoms with Gasteiger partial charge in [0.2, 0.25) is 5.69 Å². The smallest absolute Gasteiger partial charge is 0.207 e. The summed E-state index contributed by atoms with van der Waals surface area (Å²) in [6.07, 6.45) is 0. The number of piperazine rings is 1. The second kappa shape index (κ2) is 6.73. The van der Waals surface area contributed by atoms with E-state index in [0.717, 1.165) is 26.2 Å². The van der Waals surface area contributed by atoms with E-state index >= 15 is 0 Å². The highest BCUT2D eigenvalue weighted by Gasteiger charge is 2.23. The van der Waals surface area contributed by atoms with Gasteiger partial charge in [0, 0.05) is 32.7 Å². The van der Waals surface area contributed by atoms with E-state index in [0.29, 0.717) is 18.1 Å². The fraction of sp³-hybridized carbons (Fsp3) is 0.400. The Morgan fingerprint density at radius 3 is 2.43 bits per heavy atom. The van der Waals surface area contributed by atoms with Crippen molar-refractivity contribution in [1.82, 2.24) is 19.9 Å². The summed E-state index contributed by atoms with van der Waals surface area (Å²) >= 11 is 0. The second-order valence-electron chi connectivity index (χ2n) is 5.30. The number of hydrogen-bond acceptors (Lipinski definition) is 6. The van der Waals surface area contributed by atoms with Crippen molar-refractivity contribution in [3.63, 3.8) is 0 Å². The quantitative estimate of drug-likeness (QED) is 0.879. The lowest BCUT2D eigenvalue weighted by atomic mass is 10.3. The molecule has 1 fully saturated rings. The van der Waals surface area contributed by atoms with Crippen molar-refractivity contribution in [2.24, 2.45) is 0 Å². The van der Waals surface area contributed by atoms with E-state index in [1.54, 1.807) is 12.1 Å². The molecule has 0 saturated carbocycles. The van der Waals surface area contributed by atoms with Crippen LogP contribution in [-0.2, 0) is 0 Å². The van der Waals surface area contributed by atoms with Gasteiger partial charge in [-0.3, -0.25) is 4.90 Å². The fourth-order valence-electron chi connectivity index (χ4n) is 2.60. The summed E-state index contributed by atoms with van der Waals surface area (Å²) in [5, 5.41) is 26.9. The number of hydrogen-bond donors (Lipinski definition) is 1. The van der Waals surface area contributed by atoms with E-state index in [1.807, 2.05) is 4.90 Å². The molecular weight excluding hydrogens is 299 g/mol. The Bertz CT molecular complexity index is 700. The van der Waals surface area contributed by atoms with E-state index in [9.17, 15) is 9.65 Å². The number of benzene rings is 1. The molecule has 1 aromatic heterocycles. The molecule has 1 aromatic carbocycles. The number of halogens is 1. The van der Waals surface area contributed by atoms with Crippen LogP contribution < -0.4 is 4.90 Å². The number of anilines is 1. The lowest BCUT2D eigenvalue weighted by Crippen LogP contribution is -2.47. The summed E-state index contributed by atoms with van der Waals surface area (Å²) in [7, 11) is 0. The molecule has 1 aliphatic rings. The zero-order valence-corrected chi connectivity index (χ0v) is 12.6. The number of β-amino-alcohol motifs (C(OH)–C–C–N with tert-alkyl or cyclic N) is 1. The van der Waals surface area contributed by atoms with Crippen LogP contribution in [0.4, 0.5) is 10.2 Å². The Kier molecular flexibility index (Phi) is 4.50. The molecule has 0 atom stereocenters. The van der Waals surface area contributed by atoms with Crippen LogP contribution in [0.2, 0.25) is 0 Å². The first kappa shape index (κ1) is 15.4. The predicted octanol–water partition coefficient (Wildman–Crippen LogP) is 0.392. The first-order valence-corrected chi connectivity index (χ1v) is 7.43. The summed E-state index contributed by atoms with van der Waals surface area (Å²) < 4.78 is 13.0. The van der Waals surface area contributed by atoms with E-state index in [4.69, 9.17) is 5.11 Å². The zero-order valence-electron chi connectivity index (χ0n) is 12.6. The number of aliphatic hydroxyl groups is 1. The minimum Gasteiger partial charge on any atom is -0.395 e. The minimum absolute atomic E-state index is 0.143. The highest BCUT2D eigenvalue weighted by molar-refractivity contribution is 5.50. The molecule has 8 heteroatoms. The third kappa shape index (κ3) is 3.31. The average molecular weight is 316 g/mol. The number of nitriles is 1. The molecule has 2 heterocycles. The van der Waals surface area contributed by atoms with Crippen LogP contribution in [0.25, 0.3) is 5.69 Å². The van der Waals surface area contributed by atoms with E-state index in [1.165, 1.54) is 16.9 Å². The maximum Gasteiger partial charge on any atom is 0.207 e. The monoisotopic (exact) mass is 316 g/mol. The van der Waals surface area contributed by atoms with Gasteiger partial charge in [0.25, 0.3) is 0 Å². The summed E-state index contributed by atoms with van der Waals surface area (Å²) in [6, 6.07) is 7.87. The Hall–Kier alpha value is -2.50.